The van der Waals surface area contributed by atoms with Crippen molar-refractivity contribution in [2.24, 2.45) is 0 Å². The van der Waals surface area contributed by atoms with Gasteiger partial charge in [-0.3, -0.25) is 4.98 Å². The van der Waals surface area contributed by atoms with Gasteiger partial charge in [0.05, 0.1) is 25.1 Å². The summed E-state index contributed by atoms with van der Waals surface area (Å²) in [4.78, 5) is 11.1. The molecule has 4 rings (SSSR count). The second-order valence-electron chi connectivity index (χ2n) is 5.07. The van der Waals surface area contributed by atoms with E-state index < -0.39 is 0 Å². The summed E-state index contributed by atoms with van der Waals surface area (Å²) in [5, 5.41) is 4.73. The lowest BCUT2D eigenvalue weighted by Crippen LogP contribution is -2.36. The molecule has 0 spiro atoms. The fourth-order valence-corrected chi connectivity index (χ4v) is 2.74. The molecule has 4 heterocycles. The molecule has 1 saturated heterocycles. The highest BCUT2D eigenvalue weighted by Gasteiger charge is 2.14. The molecular formula is C15H14ClN5O. The van der Waals surface area contributed by atoms with E-state index in [1.54, 1.807) is 16.8 Å². The maximum atomic E-state index is 5.99. The molecule has 3 aromatic heterocycles. The molecule has 0 atom stereocenters. The Morgan fingerprint density at radius 2 is 1.95 bits per heavy atom. The van der Waals surface area contributed by atoms with Crippen LogP contribution in [0.4, 0.5) is 5.69 Å². The van der Waals surface area contributed by atoms with Crippen molar-refractivity contribution in [2.45, 2.75) is 0 Å². The average molecular weight is 316 g/mol. The lowest BCUT2D eigenvalue weighted by atomic mass is 10.2. The molecule has 0 N–H and O–H groups in total. The Bertz CT molecular complexity index is 813. The Balaban J connectivity index is 1.76. The monoisotopic (exact) mass is 315 g/mol. The van der Waals surface area contributed by atoms with Crippen molar-refractivity contribution in [3.63, 3.8) is 0 Å². The Morgan fingerprint density at radius 1 is 1.09 bits per heavy atom. The van der Waals surface area contributed by atoms with Crippen molar-refractivity contribution in [1.29, 1.82) is 0 Å². The van der Waals surface area contributed by atoms with Crippen molar-refractivity contribution in [3.05, 3.63) is 41.8 Å². The first-order valence-corrected chi connectivity index (χ1v) is 7.48. The maximum Gasteiger partial charge on any atom is 0.154 e. The minimum Gasteiger partial charge on any atom is -0.378 e. The standard InChI is InChI=1S/C15H14ClN5O/c16-14-1-2-15-18-10-13(21(15)19-14)12-9-11(3-4-17-12)20-5-7-22-8-6-20/h1-4,9-10H,5-8H2. The normalized spacial score (nSPS) is 15.4. The Kier molecular flexibility index (Phi) is 3.40. The van der Waals surface area contributed by atoms with E-state index in [1.165, 1.54) is 0 Å². The maximum absolute atomic E-state index is 5.99. The summed E-state index contributed by atoms with van der Waals surface area (Å²) in [6.45, 7) is 3.29. The van der Waals surface area contributed by atoms with E-state index in [2.05, 4.69) is 26.0 Å². The van der Waals surface area contributed by atoms with Crippen molar-refractivity contribution >= 4 is 22.9 Å². The third kappa shape index (κ3) is 2.40. The van der Waals surface area contributed by atoms with Crippen molar-refractivity contribution in [3.8, 4) is 11.4 Å². The SMILES string of the molecule is Clc1ccc2ncc(-c3cc(N4CCOCC4)ccn3)n2n1. The number of anilines is 1. The summed E-state index contributed by atoms with van der Waals surface area (Å²) in [5.74, 6) is 0. The van der Waals surface area contributed by atoms with Crippen LogP contribution < -0.4 is 4.90 Å². The molecule has 0 radical (unpaired) electrons. The summed E-state index contributed by atoms with van der Waals surface area (Å²) in [6.07, 6.45) is 3.58. The van der Waals surface area contributed by atoms with E-state index in [1.807, 2.05) is 18.3 Å². The summed E-state index contributed by atoms with van der Waals surface area (Å²) < 4.78 is 7.11. The largest absolute Gasteiger partial charge is 0.378 e. The van der Waals surface area contributed by atoms with E-state index in [-0.39, 0.29) is 0 Å². The predicted octanol–water partition coefficient (Wildman–Crippen LogP) is 2.28. The van der Waals surface area contributed by atoms with Crippen LogP contribution in [-0.4, -0.2) is 45.9 Å². The number of hydrogen-bond donors (Lipinski definition) is 0. The van der Waals surface area contributed by atoms with Crippen LogP contribution in [0.3, 0.4) is 0 Å². The molecule has 3 aromatic rings. The number of ether oxygens (including phenoxy) is 1. The molecule has 6 nitrogen and oxygen atoms in total. The molecule has 1 fully saturated rings. The molecule has 0 aromatic carbocycles. The number of halogens is 1. The van der Waals surface area contributed by atoms with Gasteiger partial charge in [-0.2, -0.15) is 5.10 Å². The molecule has 112 valence electrons. The van der Waals surface area contributed by atoms with Crippen molar-refractivity contribution in [2.75, 3.05) is 31.2 Å². The van der Waals surface area contributed by atoms with Gasteiger partial charge in [0, 0.05) is 25.0 Å². The molecule has 0 amide bonds. The molecule has 7 heteroatoms. The highest BCUT2D eigenvalue weighted by Crippen LogP contribution is 2.24. The summed E-state index contributed by atoms with van der Waals surface area (Å²) in [5.41, 5.74) is 3.53. The number of pyridine rings is 1. The molecular weight excluding hydrogens is 302 g/mol. The Hall–Kier alpha value is -2.18. The van der Waals surface area contributed by atoms with Gasteiger partial charge in [-0.1, -0.05) is 11.6 Å². The summed E-state index contributed by atoms with van der Waals surface area (Å²) in [6, 6.07) is 7.63. The Labute approximate surface area is 132 Å². The van der Waals surface area contributed by atoms with Gasteiger partial charge in [-0.15, -0.1) is 0 Å². The van der Waals surface area contributed by atoms with Gasteiger partial charge in [-0.25, -0.2) is 9.50 Å². The first-order chi connectivity index (χ1) is 10.8. The average Bonchev–Trinajstić information content (AvgIpc) is 2.99. The highest BCUT2D eigenvalue weighted by atomic mass is 35.5. The van der Waals surface area contributed by atoms with E-state index in [4.69, 9.17) is 16.3 Å². The topological polar surface area (TPSA) is 55.5 Å². The summed E-state index contributed by atoms with van der Waals surface area (Å²) >= 11 is 5.99. The third-order valence-corrected chi connectivity index (χ3v) is 3.91. The minimum atomic E-state index is 0.427. The second kappa shape index (κ2) is 5.55. The van der Waals surface area contributed by atoms with Gasteiger partial charge in [-0.05, 0) is 24.3 Å². The lowest BCUT2D eigenvalue weighted by molar-refractivity contribution is 0.122. The number of aromatic nitrogens is 4. The van der Waals surface area contributed by atoms with Crippen molar-refractivity contribution < 1.29 is 4.74 Å². The van der Waals surface area contributed by atoms with Crippen LogP contribution in [0, 0.1) is 0 Å². The Morgan fingerprint density at radius 3 is 2.82 bits per heavy atom. The smallest absolute Gasteiger partial charge is 0.154 e. The zero-order valence-electron chi connectivity index (χ0n) is 11.8. The number of fused-ring (bicyclic) bond motifs is 1. The predicted molar refractivity (Wildman–Crippen MR) is 84.3 cm³/mol. The van der Waals surface area contributed by atoms with Gasteiger partial charge in [0.15, 0.2) is 5.65 Å². The van der Waals surface area contributed by atoms with Crippen LogP contribution in [0.2, 0.25) is 5.15 Å². The zero-order valence-corrected chi connectivity index (χ0v) is 12.6. The van der Waals surface area contributed by atoms with Crippen LogP contribution in [0.15, 0.2) is 36.7 Å². The lowest BCUT2D eigenvalue weighted by Gasteiger charge is -2.28. The highest BCUT2D eigenvalue weighted by molar-refractivity contribution is 6.29. The van der Waals surface area contributed by atoms with E-state index in [9.17, 15) is 0 Å². The first kappa shape index (κ1) is 13.5. The quantitative estimate of drug-likeness (QED) is 0.726. The van der Waals surface area contributed by atoms with Gasteiger partial charge in [0.25, 0.3) is 0 Å². The molecule has 0 bridgehead atoms. The number of morpholine rings is 1. The fourth-order valence-electron chi connectivity index (χ4n) is 2.60. The third-order valence-electron chi connectivity index (χ3n) is 3.71. The number of rotatable bonds is 2. The van der Waals surface area contributed by atoms with Crippen LogP contribution >= 0.6 is 11.6 Å². The number of nitrogens with zero attached hydrogens (tertiary/aromatic N) is 5. The van der Waals surface area contributed by atoms with Crippen molar-refractivity contribution in [1.82, 2.24) is 19.6 Å². The number of imidazole rings is 1. The van der Waals surface area contributed by atoms with Gasteiger partial charge < -0.3 is 9.64 Å². The second-order valence-corrected chi connectivity index (χ2v) is 5.46. The van der Waals surface area contributed by atoms with Gasteiger partial charge in [0.1, 0.15) is 10.8 Å². The van der Waals surface area contributed by atoms with E-state index in [0.717, 1.165) is 49.0 Å². The van der Waals surface area contributed by atoms with Crippen LogP contribution in [0.5, 0.6) is 0 Å². The fraction of sp³-hybridized carbons (Fsp3) is 0.267. The minimum absolute atomic E-state index is 0.427. The van der Waals surface area contributed by atoms with Crippen LogP contribution in [-0.2, 0) is 4.74 Å². The number of hydrogen-bond acceptors (Lipinski definition) is 5. The molecule has 1 aliphatic heterocycles. The van der Waals surface area contributed by atoms with Crippen LogP contribution in [0.1, 0.15) is 0 Å². The van der Waals surface area contributed by atoms with Crippen LogP contribution in [0.25, 0.3) is 17.0 Å². The zero-order chi connectivity index (χ0) is 14.9. The molecule has 1 aliphatic rings. The molecule has 0 saturated carbocycles. The van der Waals surface area contributed by atoms with E-state index in [0.29, 0.717) is 5.15 Å². The first-order valence-electron chi connectivity index (χ1n) is 7.11. The molecule has 0 unspecified atom stereocenters. The molecule has 22 heavy (non-hydrogen) atoms. The summed E-state index contributed by atoms with van der Waals surface area (Å²) in [7, 11) is 0. The van der Waals surface area contributed by atoms with Gasteiger partial charge >= 0.3 is 0 Å². The van der Waals surface area contributed by atoms with E-state index >= 15 is 0 Å². The van der Waals surface area contributed by atoms with Gasteiger partial charge in [0.2, 0.25) is 0 Å². The molecule has 0 aliphatic carbocycles.